The molecular weight excluding hydrogens is 240 g/mol. The van der Waals surface area contributed by atoms with E-state index in [0.29, 0.717) is 0 Å². The molecule has 0 aliphatic carbocycles. The van der Waals surface area contributed by atoms with Crippen LogP contribution in [-0.2, 0) is 6.42 Å². The molecule has 0 unspecified atom stereocenters. The van der Waals surface area contributed by atoms with Gasteiger partial charge in [0.2, 0.25) is 0 Å². The third-order valence-electron chi connectivity index (χ3n) is 3.40. The number of carboxylic acids is 1. The first-order chi connectivity index (χ1) is 9.16. The predicted molar refractivity (Wildman–Crippen MR) is 76.8 cm³/mol. The number of carboxylic acid groups (broad SMARTS) is 1. The van der Waals surface area contributed by atoms with E-state index in [0.717, 1.165) is 24.8 Å². The van der Waals surface area contributed by atoms with E-state index in [1.165, 1.54) is 38.2 Å². The first-order valence-electron chi connectivity index (χ1n) is 7.21. The van der Waals surface area contributed by atoms with Crippen LogP contribution in [0, 0.1) is 0 Å². The predicted octanol–water partition coefficient (Wildman–Crippen LogP) is 4.38. The van der Waals surface area contributed by atoms with Gasteiger partial charge in [0, 0.05) is 0 Å². The van der Waals surface area contributed by atoms with E-state index < -0.39 is 5.97 Å². The number of phenols is 1. The van der Waals surface area contributed by atoms with Gasteiger partial charge >= 0.3 is 5.97 Å². The van der Waals surface area contributed by atoms with Crippen LogP contribution in [0.3, 0.4) is 0 Å². The Morgan fingerprint density at radius 3 is 2.32 bits per heavy atom. The summed E-state index contributed by atoms with van der Waals surface area (Å²) in [6, 6.07) is 4.94. The summed E-state index contributed by atoms with van der Waals surface area (Å²) in [5.41, 5.74) is 0.744. The maximum Gasteiger partial charge on any atom is 0.339 e. The van der Waals surface area contributed by atoms with Gasteiger partial charge in [0.15, 0.2) is 0 Å². The molecule has 0 spiro atoms. The topological polar surface area (TPSA) is 57.5 Å². The Morgan fingerprint density at radius 1 is 1.05 bits per heavy atom. The molecule has 3 heteroatoms. The SMILES string of the molecule is CCCCCCCCCc1cccc(C(=O)O)c1O. The minimum Gasteiger partial charge on any atom is -0.507 e. The largest absolute Gasteiger partial charge is 0.507 e. The number of aryl methyl sites for hydroxylation is 1. The van der Waals surface area contributed by atoms with Crippen LogP contribution in [-0.4, -0.2) is 16.2 Å². The summed E-state index contributed by atoms with van der Waals surface area (Å²) < 4.78 is 0. The van der Waals surface area contributed by atoms with E-state index in [1.54, 1.807) is 12.1 Å². The van der Waals surface area contributed by atoms with Crippen molar-refractivity contribution in [2.24, 2.45) is 0 Å². The van der Waals surface area contributed by atoms with Crippen molar-refractivity contribution in [2.75, 3.05) is 0 Å². The second-order valence-corrected chi connectivity index (χ2v) is 4.99. The average molecular weight is 264 g/mol. The van der Waals surface area contributed by atoms with Gasteiger partial charge in [-0.2, -0.15) is 0 Å². The molecule has 0 aromatic heterocycles. The Labute approximate surface area is 115 Å². The molecule has 0 atom stereocenters. The van der Waals surface area contributed by atoms with Gasteiger partial charge in [-0.25, -0.2) is 4.79 Å². The van der Waals surface area contributed by atoms with Crippen molar-refractivity contribution < 1.29 is 15.0 Å². The van der Waals surface area contributed by atoms with Crippen molar-refractivity contribution in [1.82, 2.24) is 0 Å². The smallest absolute Gasteiger partial charge is 0.339 e. The second kappa shape index (κ2) is 8.57. The van der Waals surface area contributed by atoms with Gasteiger partial charge in [-0.1, -0.05) is 57.6 Å². The molecule has 3 nitrogen and oxygen atoms in total. The van der Waals surface area contributed by atoms with E-state index in [4.69, 9.17) is 5.11 Å². The molecule has 0 bridgehead atoms. The van der Waals surface area contributed by atoms with Crippen molar-refractivity contribution >= 4 is 5.97 Å². The Balaban J connectivity index is 2.33. The van der Waals surface area contributed by atoms with Crippen molar-refractivity contribution in [1.29, 1.82) is 0 Å². The molecular formula is C16H24O3. The minimum absolute atomic E-state index is 0.000413. The lowest BCUT2D eigenvalue weighted by atomic mass is 10.0. The van der Waals surface area contributed by atoms with Crippen LogP contribution in [0.15, 0.2) is 18.2 Å². The molecule has 1 aromatic rings. The maximum absolute atomic E-state index is 10.9. The van der Waals surface area contributed by atoms with Crippen molar-refractivity contribution in [2.45, 2.75) is 58.3 Å². The third kappa shape index (κ3) is 5.33. The summed E-state index contributed by atoms with van der Waals surface area (Å²) in [5, 5.41) is 18.8. The molecule has 0 aliphatic heterocycles. The van der Waals surface area contributed by atoms with E-state index in [1.807, 2.05) is 0 Å². The summed E-state index contributed by atoms with van der Waals surface area (Å²) in [7, 11) is 0. The van der Waals surface area contributed by atoms with Gasteiger partial charge < -0.3 is 10.2 Å². The van der Waals surface area contributed by atoms with Gasteiger partial charge in [0.05, 0.1) is 0 Å². The zero-order valence-corrected chi connectivity index (χ0v) is 11.7. The molecule has 0 heterocycles. The number of hydrogen-bond donors (Lipinski definition) is 2. The molecule has 0 fully saturated rings. The monoisotopic (exact) mass is 264 g/mol. The zero-order chi connectivity index (χ0) is 14.1. The van der Waals surface area contributed by atoms with Crippen LogP contribution in [0.5, 0.6) is 5.75 Å². The molecule has 2 N–H and O–H groups in total. The normalized spacial score (nSPS) is 10.6. The third-order valence-corrected chi connectivity index (χ3v) is 3.40. The van der Waals surface area contributed by atoms with Crippen LogP contribution in [0.25, 0.3) is 0 Å². The highest BCUT2D eigenvalue weighted by Crippen LogP contribution is 2.24. The van der Waals surface area contributed by atoms with Crippen LogP contribution in [0.2, 0.25) is 0 Å². The van der Waals surface area contributed by atoms with Crippen LogP contribution < -0.4 is 0 Å². The molecule has 106 valence electrons. The van der Waals surface area contributed by atoms with E-state index in [9.17, 15) is 9.90 Å². The summed E-state index contributed by atoms with van der Waals surface area (Å²) in [4.78, 5) is 10.9. The van der Waals surface area contributed by atoms with E-state index in [-0.39, 0.29) is 11.3 Å². The summed E-state index contributed by atoms with van der Waals surface area (Å²) in [5.74, 6) is -1.14. The lowest BCUT2D eigenvalue weighted by Crippen LogP contribution is -1.99. The number of rotatable bonds is 9. The maximum atomic E-state index is 10.9. The van der Waals surface area contributed by atoms with Gasteiger partial charge in [-0.3, -0.25) is 0 Å². The summed E-state index contributed by atoms with van der Waals surface area (Å²) in [6.45, 7) is 2.21. The fourth-order valence-corrected chi connectivity index (χ4v) is 2.24. The summed E-state index contributed by atoms with van der Waals surface area (Å²) in [6.07, 6.45) is 9.26. The molecule has 1 rings (SSSR count). The number of unbranched alkanes of at least 4 members (excludes halogenated alkanes) is 6. The second-order valence-electron chi connectivity index (χ2n) is 4.99. The van der Waals surface area contributed by atoms with Gasteiger partial charge in [-0.15, -0.1) is 0 Å². The molecule has 1 aromatic carbocycles. The number of carbonyl (C=O) groups is 1. The standard InChI is InChI=1S/C16H24O3/c1-2-3-4-5-6-7-8-10-13-11-9-12-14(15(13)17)16(18)19/h9,11-12,17H,2-8,10H2,1H3,(H,18,19). The molecule has 0 saturated carbocycles. The van der Waals surface area contributed by atoms with E-state index >= 15 is 0 Å². The summed E-state index contributed by atoms with van der Waals surface area (Å²) >= 11 is 0. The lowest BCUT2D eigenvalue weighted by molar-refractivity contribution is 0.0693. The van der Waals surface area contributed by atoms with Crippen LogP contribution >= 0.6 is 0 Å². The number of aromatic carboxylic acids is 1. The molecule has 0 saturated heterocycles. The number of benzene rings is 1. The first kappa shape index (κ1) is 15.5. The molecule has 0 radical (unpaired) electrons. The van der Waals surface area contributed by atoms with Gasteiger partial charge in [0.25, 0.3) is 0 Å². The molecule has 0 amide bonds. The molecule has 0 aliphatic rings. The first-order valence-corrected chi connectivity index (χ1v) is 7.21. The zero-order valence-electron chi connectivity index (χ0n) is 11.7. The van der Waals surface area contributed by atoms with E-state index in [2.05, 4.69) is 6.92 Å². The highest BCUT2D eigenvalue weighted by atomic mass is 16.4. The quantitative estimate of drug-likeness (QED) is 0.650. The van der Waals surface area contributed by atoms with Crippen molar-refractivity contribution in [3.05, 3.63) is 29.3 Å². The lowest BCUT2D eigenvalue weighted by Gasteiger charge is -2.07. The Hall–Kier alpha value is -1.51. The Bertz CT molecular complexity index is 399. The average Bonchev–Trinajstić information content (AvgIpc) is 2.39. The number of para-hydroxylation sites is 1. The highest BCUT2D eigenvalue weighted by Gasteiger charge is 2.12. The fourth-order valence-electron chi connectivity index (χ4n) is 2.24. The Morgan fingerprint density at radius 2 is 1.68 bits per heavy atom. The minimum atomic E-state index is -1.07. The number of aromatic hydroxyl groups is 1. The van der Waals surface area contributed by atoms with Gasteiger partial charge in [0.1, 0.15) is 11.3 Å². The van der Waals surface area contributed by atoms with Crippen molar-refractivity contribution in [3.8, 4) is 5.75 Å². The van der Waals surface area contributed by atoms with Crippen LogP contribution in [0.4, 0.5) is 0 Å². The van der Waals surface area contributed by atoms with Gasteiger partial charge in [-0.05, 0) is 24.5 Å². The van der Waals surface area contributed by atoms with Crippen molar-refractivity contribution in [3.63, 3.8) is 0 Å². The van der Waals surface area contributed by atoms with Crippen LogP contribution in [0.1, 0.15) is 67.8 Å². The molecule has 19 heavy (non-hydrogen) atoms. The highest BCUT2D eigenvalue weighted by molar-refractivity contribution is 5.91. The Kier molecular flexibility index (Phi) is 7.01. The fraction of sp³-hybridized carbons (Fsp3) is 0.562. The number of hydrogen-bond acceptors (Lipinski definition) is 2.